The van der Waals surface area contributed by atoms with E-state index < -0.39 is 20.8 Å². The van der Waals surface area contributed by atoms with E-state index in [1.807, 2.05) is 48.8 Å². The standard InChI is InChI=1S/2C16H23NO.2ClH.Zr/c2*1-16(2,3)14-10-6-7-12(15(14)18)11-17-13-8-4-5-9-13;;;/h2*6-7,10-11,13,18H,4-5,8-9H2,1-3H3;2*1H;/q;;;;+2/p-2. The summed E-state index contributed by atoms with van der Waals surface area (Å²) in [7, 11) is 9.87. The molecule has 0 aliphatic heterocycles. The Bertz CT molecular complexity index is 993. The molecule has 0 saturated heterocycles. The molecule has 0 radical (unpaired) electrons. The van der Waals surface area contributed by atoms with Crippen molar-refractivity contribution in [1.29, 1.82) is 0 Å². The van der Waals surface area contributed by atoms with Gasteiger partial charge in [0.2, 0.25) is 0 Å². The van der Waals surface area contributed by atoms with Gasteiger partial charge in [0.05, 0.1) is 0 Å². The molecule has 0 unspecified atom stereocenters. The quantitative estimate of drug-likeness (QED) is 0.323. The zero-order chi connectivity index (χ0) is 29.1. The molecule has 4 nitrogen and oxygen atoms in total. The van der Waals surface area contributed by atoms with Gasteiger partial charge in [-0.1, -0.05) is 91.5 Å². The molecule has 4 rings (SSSR count). The van der Waals surface area contributed by atoms with Gasteiger partial charge in [-0.2, -0.15) is 0 Å². The van der Waals surface area contributed by atoms with Crippen molar-refractivity contribution in [3.63, 3.8) is 0 Å². The Morgan fingerprint density at radius 2 is 0.974 bits per heavy atom. The first-order chi connectivity index (χ1) is 18.4. The van der Waals surface area contributed by atoms with E-state index in [0.29, 0.717) is 23.6 Å². The van der Waals surface area contributed by atoms with Crippen LogP contribution in [0.4, 0.5) is 0 Å². The number of phenolic OH excluding ortho intramolecular Hbond substituents is 2. The van der Waals surface area contributed by atoms with Crippen molar-refractivity contribution in [1.82, 2.24) is 0 Å². The molecular weight excluding hydrogens is 606 g/mol. The van der Waals surface area contributed by atoms with Crippen LogP contribution >= 0.6 is 17.0 Å². The molecule has 7 heteroatoms. The summed E-state index contributed by atoms with van der Waals surface area (Å²) in [5.41, 5.74) is 3.57. The van der Waals surface area contributed by atoms with Gasteiger partial charge in [-0.25, -0.2) is 0 Å². The second-order valence-corrected chi connectivity index (χ2v) is 16.2. The summed E-state index contributed by atoms with van der Waals surface area (Å²) in [6, 6.07) is 12.8. The van der Waals surface area contributed by atoms with E-state index in [1.165, 1.54) is 51.4 Å². The molecular formula is C32H46Cl2N2O2Zr. The molecule has 2 saturated carbocycles. The average Bonchev–Trinajstić information content (AvgIpc) is 3.57. The van der Waals surface area contributed by atoms with Crippen LogP contribution in [-0.4, -0.2) is 34.7 Å². The summed E-state index contributed by atoms with van der Waals surface area (Å²) < 4.78 is 0. The summed E-state index contributed by atoms with van der Waals surface area (Å²) in [5, 5.41) is 20.6. The predicted octanol–water partition coefficient (Wildman–Crippen LogP) is 9.48. The van der Waals surface area contributed by atoms with E-state index in [2.05, 4.69) is 51.5 Å². The molecule has 2 aliphatic carbocycles. The van der Waals surface area contributed by atoms with Crippen LogP contribution in [0.3, 0.4) is 0 Å². The topological polar surface area (TPSA) is 65.2 Å². The molecule has 0 spiro atoms. The SMILES string of the molecule is CC(C)(C)c1cccc(C=NC2CCCC2)c1O.CC(C)(C)c1cccc(C=NC2CCCC2)c1O.[Cl][Zr][Cl]. The molecule has 0 aromatic heterocycles. The predicted molar refractivity (Wildman–Crippen MR) is 165 cm³/mol. The number of hydrogen-bond donors (Lipinski definition) is 2. The molecule has 0 bridgehead atoms. The van der Waals surface area contributed by atoms with Crippen molar-refractivity contribution in [2.24, 2.45) is 9.98 Å². The third-order valence-electron chi connectivity index (χ3n) is 7.25. The first-order valence-electron chi connectivity index (χ1n) is 14.1. The summed E-state index contributed by atoms with van der Waals surface area (Å²) in [6.07, 6.45) is 13.6. The molecule has 0 atom stereocenters. The van der Waals surface area contributed by atoms with Crippen LogP contribution in [0.15, 0.2) is 46.4 Å². The van der Waals surface area contributed by atoms with Gasteiger partial charge in [0.1, 0.15) is 11.5 Å². The maximum absolute atomic E-state index is 10.3. The summed E-state index contributed by atoms with van der Waals surface area (Å²) >= 11 is -0.826. The van der Waals surface area contributed by atoms with Crippen LogP contribution in [0.25, 0.3) is 0 Å². The Labute approximate surface area is 255 Å². The number of aromatic hydroxyl groups is 2. The van der Waals surface area contributed by atoms with Crippen molar-refractivity contribution in [3.8, 4) is 11.5 Å². The normalized spacial score (nSPS) is 16.7. The minimum absolute atomic E-state index is 0.0404. The molecule has 39 heavy (non-hydrogen) atoms. The Hall–Kier alpha value is -1.16. The number of rotatable bonds is 4. The maximum atomic E-state index is 10.3. The molecule has 2 aliphatic rings. The molecule has 2 aromatic rings. The fourth-order valence-electron chi connectivity index (χ4n) is 5.02. The average molecular weight is 653 g/mol. The Kier molecular flexibility index (Phi) is 14.3. The molecule has 2 fully saturated rings. The van der Waals surface area contributed by atoms with Crippen molar-refractivity contribution in [2.75, 3.05) is 0 Å². The Morgan fingerprint density at radius 1 is 0.667 bits per heavy atom. The van der Waals surface area contributed by atoms with Crippen LogP contribution in [-0.2, 0) is 31.7 Å². The van der Waals surface area contributed by atoms with Crippen LogP contribution in [0.1, 0.15) is 115 Å². The van der Waals surface area contributed by atoms with Gasteiger partial charge in [0, 0.05) is 35.6 Å². The van der Waals surface area contributed by atoms with Gasteiger partial charge >= 0.3 is 37.9 Å². The van der Waals surface area contributed by atoms with E-state index in [4.69, 9.17) is 17.0 Å². The molecule has 0 heterocycles. The van der Waals surface area contributed by atoms with Gasteiger partial charge in [0.15, 0.2) is 0 Å². The third-order valence-corrected chi connectivity index (χ3v) is 7.25. The number of aliphatic imine (C=N–C) groups is 2. The summed E-state index contributed by atoms with van der Waals surface area (Å²) in [5.74, 6) is 0.762. The number of halogens is 2. The van der Waals surface area contributed by atoms with Crippen molar-refractivity contribution >= 4 is 29.5 Å². The van der Waals surface area contributed by atoms with Gasteiger partial charge in [0.25, 0.3) is 0 Å². The van der Waals surface area contributed by atoms with Crippen LogP contribution < -0.4 is 0 Å². The number of hydrogen-bond acceptors (Lipinski definition) is 4. The van der Waals surface area contributed by atoms with Gasteiger partial charge in [-0.15, -0.1) is 0 Å². The number of benzene rings is 2. The van der Waals surface area contributed by atoms with Gasteiger partial charge in [-0.05, 0) is 59.8 Å². The summed E-state index contributed by atoms with van der Waals surface area (Å²) in [6.45, 7) is 12.7. The van der Waals surface area contributed by atoms with E-state index in [-0.39, 0.29) is 10.8 Å². The number of nitrogens with zero attached hydrogens (tertiary/aromatic N) is 2. The van der Waals surface area contributed by atoms with E-state index in [1.54, 1.807) is 0 Å². The second kappa shape index (κ2) is 16.3. The van der Waals surface area contributed by atoms with E-state index in [0.717, 1.165) is 22.3 Å². The number of para-hydroxylation sites is 2. The minimum atomic E-state index is -0.826. The molecule has 2 aromatic carbocycles. The Balaban J connectivity index is 0.000000249. The van der Waals surface area contributed by atoms with E-state index in [9.17, 15) is 10.2 Å². The first kappa shape index (κ1) is 34.0. The fraction of sp³-hybridized carbons (Fsp3) is 0.562. The van der Waals surface area contributed by atoms with Crippen LogP contribution in [0, 0.1) is 0 Å². The Morgan fingerprint density at radius 3 is 1.26 bits per heavy atom. The zero-order valence-corrected chi connectivity index (χ0v) is 28.4. The first-order valence-corrected chi connectivity index (χ1v) is 20.4. The monoisotopic (exact) mass is 650 g/mol. The van der Waals surface area contributed by atoms with Gasteiger partial charge < -0.3 is 10.2 Å². The van der Waals surface area contributed by atoms with E-state index >= 15 is 0 Å². The molecule has 214 valence electrons. The van der Waals surface area contributed by atoms with Crippen molar-refractivity contribution in [3.05, 3.63) is 58.7 Å². The van der Waals surface area contributed by atoms with Crippen LogP contribution in [0.2, 0.25) is 0 Å². The fourth-order valence-corrected chi connectivity index (χ4v) is 5.02. The molecule has 2 N–H and O–H groups in total. The zero-order valence-electron chi connectivity index (χ0n) is 24.5. The number of phenols is 2. The molecule has 0 amide bonds. The second-order valence-electron chi connectivity index (χ2n) is 12.5. The third kappa shape index (κ3) is 11.3. The van der Waals surface area contributed by atoms with Gasteiger partial charge in [-0.3, -0.25) is 9.98 Å². The van der Waals surface area contributed by atoms with Crippen molar-refractivity contribution < 1.29 is 31.1 Å². The summed E-state index contributed by atoms with van der Waals surface area (Å²) in [4.78, 5) is 9.18. The van der Waals surface area contributed by atoms with Crippen molar-refractivity contribution in [2.45, 2.75) is 116 Å². The van der Waals surface area contributed by atoms with Crippen LogP contribution in [0.5, 0.6) is 11.5 Å².